The van der Waals surface area contributed by atoms with E-state index in [1.165, 1.54) is 23.6 Å². The number of fused-ring (bicyclic) bond motifs is 1. The molecule has 1 aliphatic rings. The number of hydrogen-bond donors (Lipinski definition) is 0. The van der Waals surface area contributed by atoms with E-state index in [1.807, 2.05) is 6.07 Å². The van der Waals surface area contributed by atoms with Crippen LogP contribution in [0.5, 0.6) is 0 Å². The van der Waals surface area contributed by atoms with Gasteiger partial charge in [-0.25, -0.2) is 4.39 Å². The first kappa shape index (κ1) is 12.5. The summed E-state index contributed by atoms with van der Waals surface area (Å²) in [4.78, 5) is 0.294. The van der Waals surface area contributed by atoms with Crippen LogP contribution in [0.15, 0.2) is 47.4 Å². The minimum absolute atomic E-state index is 0.294. The van der Waals surface area contributed by atoms with Gasteiger partial charge in [0.05, 0.1) is 21.4 Å². The standard InChI is InChI=1S/C16H15FOS/c17-15-6-1-2-7-16(15)19(18)11-12-8-9-13-4-3-5-14(13)10-12/h1-2,6-10H,3-5,11H2. The Kier molecular flexibility index (Phi) is 3.47. The third kappa shape index (κ3) is 2.61. The molecule has 2 aromatic rings. The van der Waals surface area contributed by atoms with Crippen molar-refractivity contribution in [2.75, 3.05) is 0 Å². The molecular weight excluding hydrogens is 259 g/mol. The summed E-state index contributed by atoms with van der Waals surface area (Å²) in [7, 11) is -1.32. The monoisotopic (exact) mass is 274 g/mol. The van der Waals surface area contributed by atoms with Gasteiger partial charge in [-0.05, 0) is 48.1 Å². The van der Waals surface area contributed by atoms with E-state index >= 15 is 0 Å². The second-order valence-electron chi connectivity index (χ2n) is 4.88. The molecule has 0 N–H and O–H groups in total. The number of aryl methyl sites for hydroxylation is 2. The number of halogens is 1. The van der Waals surface area contributed by atoms with Gasteiger partial charge in [0.25, 0.3) is 0 Å². The van der Waals surface area contributed by atoms with Crippen molar-refractivity contribution in [1.29, 1.82) is 0 Å². The molecule has 1 nitrogen and oxygen atoms in total. The van der Waals surface area contributed by atoms with Crippen molar-refractivity contribution >= 4 is 10.8 Å². The van der Waals surface area contributed by atoms with E-state index in [0.29, 0.717) is 10.6 Å². The summed E-state index contributed by atoms with van der Waals surface area (Å²) in [6.07, 6.45) is 3.46. The van der Waals surface area contributed by atoms with Crippen molar-refractivity contribution in [3.8, 4) is 0 Å². The Morgan fingerprint density at radius 3 is 2.68 bits per heavy atom. The Morgan fingerprint density at radius 1 is 1.05 bits per heavy atom. The highest BCUT2D eigenvalue weighted by molar-refractivity contribution is 7.84. The van der Waals surface area contributed by atoms with Gasteiger partial charge in [-0.15, -0.1) is 0 Å². The van der Waals surface area contributed by atoms with Crippen LogP contribution in [0.3, 0.4) is 0 Å². The van der Waals surface area contributed by atoms with Gasteiger partial charge in [0.1, 0.15) is 5.82 Å². The molecule has 2 aromatic carbocycles. The molecule has 0 aromatic heterocycles. The highest BCUT2D eigenvalue weighted by atomic mass is 32.2. The lowest BCUT2D eigenvalue weighted by Crippen LogP contribution is -2.00. The smallest absolute Gasteiger partial charge is 0.139 e. The average Bonchev–Trinajstić information content (AvgIpc) is 2.86. The fourth-order valence-electron chi connectivity index (χ4n) is 2.57. The van der Waals surface area contributed by atoms with Gasteiger partial charge in [-0.2, -0.15) is 0 Å². The lowest BCUT2D eigenvalue weighted by atomic mass is 10.1. The first-order valence-corrected chi connectivity index (χ1v) is 7.79. The van der Waals surface area contributed by atoms with Gasteiger partial charge in [-0.1, -0.05) is 30.3 Å². The molecule has 0 radical (unpaired) electrons. The molecule has 19 heavy (non-hydrogen) atoms. The van der Waals surface area contributed by atoms with Crippen LogP contribution in [0, 0.1) is 5.82 Å². The van der Waals surface area contributed by atoms with Crippen molar-refractivity contribution in [3.63, 3.8) is 0 Å². The Balaban J connectivity index is 1.82. The van der Waals surface area contributed by atoms with E-state index in [4.69, 9.17) is 0 Å². The van der Waals surface area contributed by atoms with Gasteiger partial charge < -0.3 is 0 Å². The third-order valence-electron chi connectivity index (χ3n) is 3.54. The van der Waals surface area contributed by atoms with Gasteiger partial charge >= 0.3 is 0 Å². The molecular formula is C16H15FOS. The third-order valence-corrected chi connectivity index (χ3v) is 4.96. The van der Waals surface area contributed by atoms with E-state index in [2.05, 4.69) is 12.1 Å². The van der Waals surface area contributed by atoms with Gasteiger partial charge in [0.15, 0.2) is 0 Å². The van der Waals surface area contributed by atoms with Gasteiger partial charge in [-0.3, -0.25) is 4.21 Å². The molecule has 0 spiro atoms. The molecule has 3 heteroatoms. The first-order chi connectivity index (χ1) is 9.24. The molecule has 3 rings (SSSR count). The molecule has 1 unspecified atom stereocenters. The van der Waals surface area contributed by atoms with Crippen molar-refractivity contribution in [2.24, 2.45) is 0 Å². The van der Waals surface area contributed by atoms with Crippen LogP contribution in [-0.4, -0.2) is 4.21 Å². The Bertz CT molecular complexity index is 636. The predicted octanol–water partition coefficient (Wildman–Crippen LogP) is 3.62. The van der Waals surface area contributed by atoms with Crippen LogP contribution in [-0.2, 0) is 29.4 Å². The molecule has 0 saturated carbocycles. The zero-order valence-electron chi connectivity index (χ0n) is 10.6. The van der Waals surface area contributed by atoms with Crippen LogP contribution in [0.25, 0.3) is 0 Å². The van der Waals surface area contributed by atoms with Crippen molar-refractivity contribution < 1.29 is 8.60 Å². The molecule has 0 amide bonds. The fraction of sp³-hybridized carbons (Fsp3) is 0.250. The zero-order chi connectivity index (χ0) is 13.2. The molecule has 98 valence electrons. The maximum Gasteiger partial charge on any atom is 0.139 e. The Labute approximate surface area is 114 Å². The van der Waals surface area contributed by atoms with Gasteiger partial charge in [0, 0.05) is 0 Å². The summed E-state index contributed by atoms with van der Waals surface area (Å²) >= 11 is 0. The van der Waals surface area contributed by atoms with Crippen LogP contribution < -0.4 is 0 Å². The summed E-state index contributed by atoms with van der Waals surface area (Å²) in [6.45, 7) is 0. The number of hydrogen-bond acceptors (Lipinski definition) is 1. The average molecular weight is 274 g/mol. The van der Waals surface area contributed by atoms with E-state index in [9.17, 15) is 8.60 Å². The van der Waals surface area contributed by atoms with Crippen LogP contribution in [0.2, 0.25) is 0 Å². The molecule has 0 bridgehead atoms. The Hall–Kier alpha value is -1.48. The van der Waals surface area contributed by atoms with Gasteiger partial charge in [0.2, 0.25) is 0 Å². The summed E-state index contributed by atoms with van der Waals surface area (Å²) in [5, 5.41) is 0. The minimum atomic E-state index is -1.32. The lowest BCUT2D eigenvalue weighted by Gasteiger charge is -2.06. The van der Waals surface area contributed by atoms with E-state index < -0.39 is 10.8 Å². The number of rotatable bonds is 3. The quantitative estimate of drug-likeness (QED) is 0.835. The summed E-state index contributed by atoms with van der Waals surface area (Å²) in [6, 6.07) is 12.6. The van der Waals surface area contributed by atoms with Crippen LogP contribution in [0.4, 0.5) is 4.39 Å². The maximum absolute atomic E-state index is 13.6. The number of benzene rings is 2. The lowest BCUT2D eigenvalue weighted by molar-refractivity contribution is 0.595. The first-order valence-electron chi connectivity index (χ1n) is 6.47. The zero-order valence-corrected chi connectivity index (χ0v) is 11.4. The Morgan fingerprint density at radius 2 is 1.84 bits per heavy atom. The van der Waals surface area contributed by atoms with E-state index in [1.54, 1.807) is 18.2 Å². The molecule has 1 aliphatic carbocycles. The van der Waals surface area contributed by atoms with Crippen LogP contribution >= 0.6 is 0 Å². The maximum atomic E-state index is 13.6. The second kappa shape index (κ2) is 5.25. The highest BCUT2D eigenvalue weighted by Crippen LogP contribution is 2.24. The van der Waals surface area contributed by atoms with Crippen molar-refractivity contribution in [3.05, 3.63) is 65.0 Å². The van der Waals surface area contributed by atoms with E-state index in [-0.39, 0.29) is 5.82 Å². The van der Waals surface area contributed by atoms with Crippen molar-refractivity contribution in [1.82, 2.24) is 0 Å². The SMILES string of the molecule is O=S(Cc1ccc2c(c1)CCC2)c1ccccc1F. The highest BCUT2D eigenvalue weighted by Gasteiger charge is 2.14. The molecule has 0 saturated heterocycles. The topological polar surface area (TPSA) is 17.1 Å². The van der Waals surface area contributed by atoms with Crippen molar-refractivity contribution in [2.45, 2.75) is 29.9 Å². The molecule has 0 heterocycles. The largest absolute Gasteiger partial charge is 0.254 e. The van der Waals surface area contributed by atoms with Crippen LogP contribution in [0.1, 0.15) is 23.1 Å². The molecule has 0 aliphatic heterocycles. The van der Waals surface area contributed by atoms with E-state index in [0.717, 1.165) is 18.4 Å². The summed E-state index contributed by atoms with van der Waals surface area (Å²) < 4.78 is 25.8. The normalized spacial score (nSPS) is 15.2. The second-order valence-corrected chi connectivity index (χ2v) is 6.30. The fourth-order valence-corrected chi connectivity index (χ4v) is 3.73. The summed E-state index contributed by atoms with van der Waals surface area (Å²) in [5.74, 6) is -0.00390. The molecule has 0 fully saturated rings. The predicted molar refractivity (Wildman–Crippen MR) is 75.0 cm³/mol. The minimum Gasteiger partial charge on any atom is -0.254 e. The summed E-state index contributed by atoms with van der Waals surface area (Å²) in [5.41, 5.74) is 3.80. The molecule has 1 atom stereocenters.